The Morgan fingerprint density at radius 2 is 0.739 bits per heavy atom. The molecule has 21 rings (SSSR count). The van der Waals surface area contributed by atoms with Crippen molar-refractivity contribution in [2.45, 2.75) is 39.9 Å². The summed E-state index contributed by atoms with van der Waals surface area (Å²) in [5.74, 6) is 7.03. The number of amides is 2. The first-order valence-electron chi connectivity index (χ1n) is 42.1. The molecule has 0 atom stereocenters. The number of carbonyl (C=O) groups is 2. The van der Waals surface area contributed by atoms with Crippen LogP contribution in [0.3, 0.4) is 0 Å². The molecule has 0 bridgehead atoms. The van der Waals surface area contributed by atoms with Gasteiger partial charge in [-0.1, -0.05) is 54.6 Å². The molecule has 0 unspecified atom stereocenters. The molecule has 35 nitrogen and oxygen atoms in total. The lowest BCUT2D eigenvalue weighted by Crippen LogP contribution is -2.35. The number of pyridine rings is 4. The average molecular weight is 1790 g/mol. The van der Waals surface area contributed by atoms with Gasteiger partial charge in [0, 0.05) is 138 Å². The van der Waals surface area contributed by atoms with E-state index in [-0.39, 0.29) is 43.8 Å². The van der Waals surface area contributed by atoms with Crippen LogP contribution in [0.25, 0.3) is 111 Å². The van der Waals surface area contributed by atoms with Gasteiger partial charge in [0.2, 0.25) is 5.91 Å². The zero-order valence-corrected chi connectivity index (χ0v) is 72.9. The van der Waals surface area contributed by atoms with Crippen LogP contribution in [0.2, 0.25) is 0 Å². The fourth-order valence-electron chi connectivity index (χ4n) is 14.7. The zero-order chi connectivity index (χ0) is 92.0. The molecular weight excluding hydrogens is 1710 g/mol. The molecule has 20 aromatic rings. The minimum absolute atomic E-state index is 0.0181. The van der Waals surface area contributed by atoms with Crippen LogP contribution in [0, 0.1) is 17.1 Å². The van der Waals surface area contributed by atoms with Gasteiger partial charge in [-0.2, -0.15) is 43.7 Å². The van der Waals surface area contributed by atoms with E-state index in [9.17, 15) is 14.0 Å². The maximum atomic E-state index is 14.0. The van der Waals surface area contributed by atoms with Crippen molar-refractivity contribution in [3.05, 3.63) is 307 Å². The molecule has 1 fully saturated rings. The van der Waals surface area contributed by atoms with Gasteiger partial charge in [0.15, 0.2) is 45.9 Å². The summed E-state index contributed by atoms with van der Waals surface area (Å²) in [6.45, 7) is 6.67. The van der Waals surface area contributed by atoms with Crippen LogP contribution in [-0.2, 0) is 42.5 Å². The van der Waals surface area contributed by atoms with E-state index in [1.807, 2.05) is 170 Å². The third-order valence-electron chi connectivity index (χ3n) is 21.7. The summed E-state index contributed by atoms with van der Waals surface area (Å²) in [5, 5.41) is 70.2. The van der Waals surface area contributed by atoms with Crippen LogP contribution in [-0.4, -0.2) is 178 Å². The van der Waals surface area contributed by atoms with Gasteiger partial charge in [-0.15, -0.1) is 40.8 Å². The highest BCUT2D eigenvalue weighted by atomic mass is 19.1. The smallest absolute Gasteiger partial charge is 0.251 e. The van der Waals surface area contributed by atoms with Gasteiger partial charge in [-0.25, -0.2) is 4.39 Å². The number of methoxy groups -OCH3 is 4. The number of aromatic nitrogens is 20. The molecule has 2 amide bonds. The Morgan fingerprint density at radius 3 is 1.07 bits per heavy atom. The maximum Gasteiger partial charge on any atom is 0.251 e. The summed E-state index contributed by atoms with van der Waals surface area (Å²) in [6.07, 6.45) is 6.77. The number of fused-ring (bicyclic) bond motifs is 8. The summed E-state index contributed by atoms with van der Waals surface area (Å²) >= 11 is 0. The van der Waals surface area contributed by atoms with Gasteiger partial charge in [0.1, 0.15) is 84.3 Å². The standard InChI is InChI=1S/C27H26N6O3.2C24H20N6O3.C23H15FN6O2/c1-34-21-6-7-22-24(16-21)28-11-10-25(22)36-18-27-30-29-26-9-8-23(31-33(26)27)20-4-2-19(3-5-20)17-32-12-14-35-15-13-32;1-25-24(31)16-5-3-15(4-6-16)19-9-10-22-27-28-23(30(22)29-19)14-33-21-11-12-26-20-13-17(32-2)7-8-18(20)21;1-15(31)26-17-5-3-16(4-6-17)20-9-10-23-27-28-24(30(23)29-20)14-33-22-11-12-25-21-13-18(32-2)7-8-19(21)22;1-31-16-4-5-17-20(11-16)26-9-8-21(17)32-13-23-28-27-22-7-6-19(29-30(22)23)14-2-3-15(12-25)18(24)10-14/h2-11,16H,12-15,17-18H2,1H3;3-13H,14H2,1-2H3,(H,25,31);3-13H,14H2,1-2H3,(H,26,31);2-11H,13H2,1H3. The van der Waals surface area contributed by atoms with Crippen molar-refractivity contribution in [2.24, 2.45) is 0 Å². The van der Waals surface area contributed by atoms with Crippen molar-refractivity contribution in [3.8, 4) is 97.1 Å². The van der Waals surface area contributed by atoms with Gasteiger partial charge in [-0.3, -0.25) is 34.4 Å². The number of carbonyl (C=O) groups excluding carboxylic acids is 2. The molecule has 134 heavy (non-hydrogen) atoms. The summed E-state index contributed by atoms with van der Waals surface area (Å²) in [5.41, 5.74) is 14.3. The topological polar surface area (TPSA) is 392 Å². The Bertz CT molecular complexity index is 7750. The molecule has 12 aromatic heterocycles. The summed E-state index contributed by atoms with van der Waals surface area (Å²) in [4.78, 5) is 43.0. The van der Waals surface area contributed by atoms with Crippen LogP contribution in [0.4, 0.5) is 10.1 Å². The van der Waals surface area contributed by atoms with Gasteiger partial charge >= 0.3 is 0 Å². The second-order valence-corrected chi connectivity index (χ2v) is 30.1. The second kappa shape index (κ2) is 39.9. The quantitative estimate of drug-likeness (QED) is 0.0567. The van der Waals surface area contributed by atoms with Crippen LogP contribution in [0.1, 0.15) is 51.7 Å². The van der Waals surface area contributed by atoms with E-state index >= 15 is 0 Å². The average Bonchev–Trinajstić information content (AvgIpc) is 1.65. The minimum Gasteiger partial charge on any atom is -0.497 e. The van der Waals surface area contributed by atoms with Gasteiger partial charge in [-0.05, 0) is 163 Å². The summed E-state index contributed by atoms with van der Waals surface area (Å²) < 4.78 is 71.4. The molecule has 8 aromatic carbocycles. The van der Waals surface area contributed by atoms with Crippen LogP contribution >= 0.6 is 0 Å². The van der Waals surface area contributed by atoms with Crippen LogP contribution in [0.15, 0.2) is 261 Å². The van der Waals surface area contributed by atoms with Crippen molar-refractivity contribution in [2.75, 3.05) is 67.1 Å². The lowest BCUT2D eigenvalue weighted by molar-refractivity contribution is -0.114. The number of ether oxygens (including phenoxy) is 9. The number of halogens is 1. The predicted molar refractivity (Wildman–Crippen MR) is 494 cm³/mol. The van der Waals surface area contributed by atoms with E-state index in [2.05, 4.69) is 116 Å². The number of hydrogen-bond acceptors (Lipinski definition) is 29. The Kier molecular flexibility index (Phi) is 25.9. The number of nitrogens with one attached hydrogen (secondary N) is 2. The number of hydrogen-bond donors (Lipinski definition) is 2. The third-order valence-corrected chi connectivity index (χ3v) is 21.7. The molecule has 666 valence electrons. The molecule has 0 spiro atoms. The molecule has 1 aliphatic heterocycles. The lowest BCUT2D eigenvalue weighted by atomic mass is 10.1. The maximum absolute atomic E-state index is 14.0. The lowest BCUT2D eigenvalue weighted by Gasteiger charge is -2.26. The SMILES string of the molecule is CNC(=O)c1ccc(-c2ccc3nnc(COc4ccnc5cc(OC)ccc45)n3n2)cc1.COc1ccc2c(OCc3nnc4ccc(-c5ccc(C#N)c(F)c5)nn34)ccnc2c1.COc1ccc2c(OCc3nnc4ccc(-c5ccc(CN6CCOCC6)cc5)nn34)ccnc2c1.COc1ccc2c(OCc3nnc4ccc(-c5ccc(NC(C)=O)cc5)nn34)ccnc2c1. The minimum atomic E-state index is -0.597. The predicted octanol–water partition coefficient (Wildman–Crippen LogP) is 14.9. The van der Waals surface area contributed by atoms with Crippen LogP contribution < -0.4 is 48.5 Å². The van der Waals surface area contributed by atoms with Crippen molar-refractivity contribution < 1.29 is 56.6 Å². The molecule has 1 aliphatic rings. The monoisotopic (exact) mass is 1790 g/mol. The second-order valence-electron chi connectivity index (χ2n) is 30.1. The Hall–Kier alpha value is -17.7. The first-order chi connectivity index (χ1) is 65.7. The first-order valence-corrected chi connectivity index (χ1v) is 42.1. The Balaban J connectivity index is 0.000000120. The van der Waals surface area contributed by atoms with Gasteiger partial charge in [0.05, 0.1) is 92.1 Å². The number of rotatable bonds is 24. The number of morpholine rings is 1. The molecule has 0 aliphatic carbocycles. The van der Waals surface area contributed by atoms with E-state index in [4.69, 9.17) is 53.0 Å². The van der Waals surface area contributed by atoms with Crippen molar-refractivity contribution >= 4 is 83.7 Å². The number of nitrogens with zero attached hydrogens (tertiary/aromatic N) is 22. The van der Waals surface area contributed by atoms with E-state index in [1.165, 1.54) is 24.6 Å². The zero-order valence-electron chi connectivity index (χ0n) is 72.9. The molecular formula is C98H81FN24O11. The molecule has 2 N–H and O–H groups in total. The number of benzene rings is 8. The van der Waals surface area contributed by atoms with Gasteiger partial charge < -0.3 is 53.3 Å². The summed E-state index contributed by atoms with van der Waals surface area (Å²) in [7, 11) is 8.09. The first kappa shape index (κ1) is 87.0. The van der Waals surface area contributed by atoms with E-state index in [0.717, 1.165) is 133 Å². The van der Waals surface area contributed by atoms with E-state index < -0.39 is 5.82 Å². The Morgan fingerprint density at radius 1 is 0.403 bits per heavy atom. The van der Waals surface area contributed by atoms with Crippen molar-refractivity contribution in [3.63, 3.8) is 0 Å². The highest BCUT2D eigenvalue weighted by molar-refractivity contribution is 5.95. The van der Waals surface area contributed by atoms with E-state index in [0.29, 0.717) is 91.5 Å². The third kappa shape index (κ3) is 19.6. The largest absolute Gasteiger partial charge is 0.497 e. The number of anilines is 1. The van der Waals surface area contributed by atoms with Crippen molar-refractivity contribution in [1.82, 2.24) is 109 Å². The summed E-state index contributed by atoms with van der Waals surface area (Å²) in [6, 6.07) is 74.0. The normalized spacial score (nSPS) is 11.9. The molecule has 36 heteroatoms. The van der Waals surface area contributed by atoms with Crippen molar-refractivity contribution in [1.29, 1.82) is 5.26 Å². The fraction of sp³-hybridized carbons (Fsp3) is 0.153. The van der Waals surface area contributed by atoms with Gasteiger partial charge in [0.25, 0.3) is 5.91 Å². The molecule has 1 saturated heterocycles. The number of nitriles is 1. The van der Waals surface area contributed by atoms with Crippen LogP contribution in [0.5, 0.6) is 46.0 Å². The highest BCUT2D eigenvalue weighted by Crippen LogP contribution is 2.35. The fourth-order valence-corrected chi connectivity index (χ4v) is 14.7. The molecule has 13 heterocycles. The molecule has 0 saturated carbocycles. The highest BCUT2D eigenvalue weighted by Gasteiger charge is 2.21. The molecule has 0 radical (unpaired) electrons. The Labute approximate surface area is 762 Å². The van der Waals surface area contributed by atoms with E-state index in [1.54, 1.807) is 115 Å².